The van der Waals surface area contributed by atoms with Crippen LogP contribution in [0.15, 0.2) is 78.4 Å². The average Bonchev–Trinajstić information content (AvgIpc) is 2.41. The van der Waals surface area contributed by atoms with Crippen LogP contribution in [-0.4, -0.2) is 0 Å². The Morgan fingerprint density at radius 3 is 1.61 bits per heavy atom. The van der Waals surface area contributed by atoms with Crippen molar-refractivity contribution < 1.29 is 0 Å². The standard InChI is InChI=1S/C18H17/c1-2-9-18(14-16-10-5-3-6-11-16)15-17-12-7-4-8-13-17/h1-13H,14-15H2. The highest BCUT2D eigenvalue weighted by atomic mass is 14.1. The Balaban J connectivity index is 2.10. The molecular weight excluding hydrogens is 216 g/mol. The van der Waals surface area contributed by atoms with E-state index in [0.29, 0.717) is 0 Å². The first-order chi connectivity index (χ1) is 8.88. The van der Waals surface area contributed by atoms with Crippen LogP contribution in [0.3, 0.4) is 0 Å². The summed E-state index contributed by atoms with van der Waals surface area (Å²) in [7, 11) is 0. The maximum atomic E-state index is 5.54. The van der Waals surface area contributed by atoms with Gasteiger partial charge in [0, 0.05) is 0 Å². The zero-order chi connectivity index (χ0) is 12.6. The summed E-state index contributed by atoms with van der Waals surface area (Å²) in [5.41, 5.74) is 3.97. The van der Waals surface area contributed by atoms with Gasteiger partial charge in [0.2, 0.25) is 0 Å². The van der Waals surface area contributed by atoms with Crippen molar-refractivity contribution in [1.82, 2.24) is 0 Å². The van der Waals surface area contributed by atoms with Crippen molar-refractivity contribution in [3.8, 4) is 0 Å². The summed E-state index contributed by atoms with van der Waals surface area (Å²) in [6.45, 7) is 5.54. The SMILES string of the molecule is [CH]=CC=C(Cc1ccccc1)Cc1ccccc1. The summed E-state index contributed by atoms with van der Waals surface area (Å²) < 4.78 is 0. The van der Waals surface area contributed by atoms with Crippen LogP contribution >= 0.6 is 0 Å². The van der Waals surface area contributed by atoms with Crippen LogP contribution in [-0.2, 0) is 12.8 Å². The molecule has 0 aliphatic carbocycles. The average molecular weight is 233 g/mol. The largest absolute Gasteiger partial charge is 0.0624 e. The van der Waals surface area contributed by atoms with E-state index in [1.54, 1.807) is 6.08 Å². The predicted molar refractivity (Wildman–Crippen MR) is 77.2 cm³/mol. The third-order valence-electron chi connectivity index (χ3n) is 2.88. The van der Waals surface area contributed by atoms with Crippen molar-refractivity contribution in [1.29, 1.82) is 0 Å². The molecule has 0 nitrogen and oxygen atoms in total. The third-order valence-corrected chi connectivity index (χ3v) is 2.88. The highest BCUT2D eigenvalue weighted by Gasteiger charge is 2.00. The molecule has 2 aromatic carbocycles. The van der Waals surface area contributed by atoms with E-state index in [4.69, 9.17) is 6.58 Å². The summed E-state index contributed by atoms with van der Waals surface area (Å²) in [4.78, 5) is 0. The number of rotatable bonds is 5. The van der Waals surface area contributed by atoms with E-state index in [2.05, 4.69) is 48.5 Å². The minimum Gasteiger partial charge on any atom is -0.0624 e. The molecule has 0 amide bonds. The van der Waals surface area contributed by atoms with E-state index in [0.717, 1.165) is 12.8 Å². The van der Waals surface area contributed by atoms with Gasteiger partial charge < -0.3 is 0 Å². The van der Waals surface area contributed by atoms with Gasteiger partial charge in [-0.2, -0.15) is 0 Å². The van der Waals surface area contributed by atoms with Gasteiger partial charge in [-0.15, -0.1) is 0 Å². The summed E-state index contributed by atoms with van der Waals surface area (Å²) in [5, 5.41) is 0. The van der Waals surface area contributed by atoms with Gasteiger partial charge in [-0.05, 0) is 24.0 Å². The van der Waals surface area contributed by atoms with Gasteiger partial charge in [-0.1, -0.05) is 85.0 Å². The topological polar surface area (TPSA) is 0 Å². The van der Waals surface area contributed by atoms with Crippen LogP contribution in [0, 0.1) is 6.58 Å². The van der Waals surface area contributed by atoms with E-state index < -0.39 is 0 Å². The lowest BCUT2D eigenvalue weighted by Crippen LogP contribution is -1.95. The Hall–Kier alpha value is -2.08. The fraction of sp³-hybridized carbons (Fsp3) is 0.111. The molecule has 0 saturated heterocycles. The molecule has 0 aliphatic rings. The molecule has 0 saturated carbocycles. The Labute approximate surface area is 109 Å². The molecule has 0 N–H and O–H groups in total. The Kier molecular flexibility index (Phi) is 4.54. The van der Waals surface area contributed by atoms with Crippen molar-refractivity contribution in [2.24, 2.45) is 0 Å². The second kappa shape index (κ2) is 6.61. The van der Waals surface area contributed by atoms with Crippen LogP contribution in [0.5, 0.6) is 0 Å². The monoisotopic (exact) mass is 233 g/mol. The maximum Gasteiger partial charge on any atom is -0.00607 e. The smallest absolute Gasteiger partial charge is 0.00607 e. The highest BCUT2D eigenvalue weighted by Crippen LogP contribution is 2.14. The van der Waals surface area contributed by atoms with E-state index >= 15 is 0 Å². The number of benzene rings is 2. The van der Waals surface area contributed by atoms with Crippen molar-refractivity contribution in [2.75, 3.05) is 0 Å². The normalized spacial score (nSPS) is 9.78. The molecule has 1 radical (unpaired) electrons. The molecule has 0 aromatic heterocycles. The van der Waals surface area contributed by atoms with E-state index in [1.165, 1.54) is 16.7 Å². The second-order valence-electron chi connectivity index (χ2n) is 4.34. The van der Waals surface area contributed by atoms with Gasteiger partial charge in [0.25, 0.3) is 0 Å². The van der Waals surface area contributed by atoms with Crippen molar-refractivity contribution in [2.45, 2.75) is 12.8 Å². The van der Waals surface area contributed by atoms with Crippen LogP contribution < -0.4 is 0 Å². The van der Waals surface area contributed by atoms with Gasteiger partial charge >= 0.3 is 0 Å². The van der Waals surface area contributed by atoms with Gasteiger partial charge in [0.05, 0.1) is 0 Å². The van der Waals surface area contributed by atoms with Crippen molar-refractivity contribution >= 4 is 0 Å². The fourth-order valence-electron chi connectivity index (χ4n) is 2.03. The third kappa shape index (κ3) is 3.74. The minimum atomic E-state index is 0.948. The molecular formula is C18H17. The van der Waals surface area contributed by atoms with E-state index in [1.807, 2.05) is 18.2 Å². The molecule has 0 heteroatoms. The lowest BCUT2D eigenvalue weighted by molar-refractivity contribution is 1.03. The summed E-state index contributed by atoms with van der Waals surface area (Å²) in [6, 6.07) is 21.0. The van der Waals surface area contributed by atoms with Gasteiger partial charge in [-0.25, -0.2) is 0 Å². The quantitative estimate of drug-likeness (QED) is 0.672. The molecule has 0 atom stereocenters. The molecule has 0 aliphatic heterocycles. The first kappa shape index (κ1) is 12.4. The van der Waals surface area contributed by atoms with E-state index in [-0.39, 0.29) is 0 Å². The van der Waals surface area contributed by atoms with E-state index in [9.17, 15) is 0 Å². The molecule has 0 unspecified atom stereocenters. The first-order valence-corrected chi connectivity index (χ1v) is 6.19. The molecule has 0 fully saturated rings. The summed E-state index contributed by atoms with van der Waals surface area (Å²) in [5.74, 6) is 0. The Bertz CT molecular complexity index is 463. The Morgan fingerprint density at radius 1 is 0.778 bits per heavy atom. The lowest BCUT2D eigenvalue weighted by Gasteiger charge is -2.07. The zero-order valence-corrected chi connectivity index (χ0v) is 10.4. The van der Waals surface area contributed by atoms with Gasteiger partial charge in [0.15, 0.2) is 0 Å². The molecule has 0 heterocycles. The molecule has 2 rings (SSSR count). The van der Waals surface area contributed by atoms with Crippen molar-refractivity contribution in [3.05, 3.63) is 96.1 Å². The van der Waals surface area contributed by atoms with Crippen LogP contribution in [0.1, 0.15) is 11.1 Å². The van der Waals surface area contributed by atoms with Crippen molar-refractivity contribution in [3.63, 3.8) is 0 Å². The predicted octanol–water partition coefficient (Wildman–Crippen LogP) is 4.39. The number of hydrogen-bond acceptors (Lipinski definition) is 0. The number of allylic oxidation sites excluding steroid dienone is 3. The first-order valence-electron chi connectivity index (χ1n) is 6.19. The molecule has 18 heavy (non-hydrogen) atoms. The highest BCUT2D eigenvalue weighted by molar-refractivity contribution is 5.28. The summed E-state index contributed by atoms with van der Waals surface area (Å²) in [6.07, 6.45) is 5.54. The minimum absolute atomic E-state index is 0.948. The molecule has 0 spiro atoms. The van der Waals surface area contributed by atoms with Gasteiger partial charge in [-0.3, -0.25) is 0 Å². The maximum absolute atomic E-state index is 5.54. The molecule has 2 aromatic rings. The molecule has 89 valence electrons. The Morgan fingerprint density at radius 2 is 1.22 bits per heavy atom. The second-order valence-corrected chi connectivity index (χ2v) is 4.34. The van der Waals surface area contributed by atoms with Crippen LogP contribution in [0.4, 0.5) is 0 Å². The fourth-order valence-corrected chi connectivity index (χ4v) is 2.03. The lowest BCUT2D eigenvalue weighted by atomic mass is 9.98. The van der Waals surface area contributed by atoms with Crippen LogP contribution in [0.25, 0.3) is 0 Å². The zero-order valence-electron chi connectivity index (χ0n) is 10.4. The molecule has 0 bridgehead atoms. The summed E-state index contributed by atoms with van der Waals surface area (Å²) >= 11 is 0. The van der Waals surface area contributed by atoms with Crippen LogP contribution in [0.2, 0.25) is 0 Å². The number of hydrogen-bond donors (Lipinski definition) is 0. The van der Waals surface area contributed by atoms with Gasteiger partial charge in [0.1, 0.15) is 0 Å².